The molecule has 114 valence electrons. The molecule has 3 heteroatoms. The number of aliphatic imine (C=N–C) groups is 1. The minimum Gasteiger partial charge on any atom is -0.383 e. The van der Waals surface area contributed by atoms with Crippen LogP contribution in [0.2, 0.25) is 0 Å². The highest BCUT2D eigenvalue weighted by atomic mass is 35.5. The molecule has 0 radical (unpaired) electrons. The Bertz CT molecular complexity index is 646. The van der Waals surface area contributed by atoms with Crippen LogP contribution < -0.4 is 5.32 Å². The number of hydrogen-bond donors (Lipinski definition) is 1. The van der Waals surface area contributed by atoms with E-state index in [1.807, 2.05) is 50.2 Å². The molecule has 0 spiro atoms. The quantitative estimate of drug-likeness (QED) is 0.753. The number of allylic oxidation sites excluding steroid dienone is 2. The predicted octanol–water partition coefficient (Wildman–Crippen LogP) is 4.91. The molecule has 0 aliphatic carbocycles. The zero-order valence-corrected chi connectivity index (χ0v) is 13.8. The number of rotatable bonds is 6. The second-order valence-electron chi connectivity index (χ2n) is 5.17. The largest absolute Gasteiger partial charge is 0.383 e. The van der Waals surface area contributed by atoms with Gasteiger partial charge in [-0.2, -0.15) is 0 Å². The summed E-state index contributed by atoms with van der Waals surface area (Å²) in [6, 6.07) is 20.4. The molecule has 0 fully saturated rings. The molecule has 0 heterocycles. The summed E-state index contributed by atoms with van der Waals surface area (Å²) in [5.74, 6) is 0. The molecule has 0 atom stereocenters. The van der Waals surface area contributed by atoms with Crippen molar-refractivity contribution in [3.8, 4) is 0 Å². The van der Waals surface area contributed by atoms with E-state index in [-0.39, 0.29) is 0 Å². The van der Waals surface area contributed by atoms with Gasteiger partial charge in [0.05, 0.1) is 17.3 Å². The van der Waals surface area contributed by atoms with Crippen LogP contribution in [0.25, 0.3) is 0 Å². The van der Waals surface area contributed by atoms with Crippen LogP contribution in [0.15, 0.2) is 76.4 Å². The summed E-state index contributed by atoms with van der Waals surface area (Å²) >= 11 is 6.40. The first kappa shape index (κ1) is 16.3. The van der Waals surface area contributed by atoms with E-state index in [1.54, 1.807) is 0 Å². The van der Waals surface area contributed by atoms with Crippen LogP contribution in [0.3, 0.4) is 0 Å². The molecule has 0 aromatic heterocycles. The molecule has 0 aliphatic rings. The number of benzene rings is 2. The molecule has 22 heavy (non-hydrogen) atoms. The minimum absolute atomic E-state index is 0.648. The van der Waals surface area contributed by atoms with Crippen LogP contribution in [0.4, 0.5) is 0 Å². The molecule has 0 saturated carbocycles. The average Bonchev–Trinajstić information content (AvgIpc) is 2.58. The molecule has 2 aromatic carbocycles. The standard InChI is InChI=1S/C19H21ClN2/c1-15(21-13-17-9-5-3-6-10-17)19(20)16(2)22-14-18-11-7-4-8-12-18/h3-12,21H,13-14H2,1-2H3/b19-15-,22-16?. The maximum atomic E-state index is 6.40. The molecule has 0 amide bonds. The van der Waals surface area contributed by atoms with E-state index in [4.69, 9.17) is 11.6 Å². The molecule has 2 nitrogen and oxygen atoms in total. The van der Waals surface area contributed by atoms with Gasteiger partial charge < -0.3 is 5.32 Å². The van der Waals surface area contributed by atoms with Gasteiger partial charge >= 0.3 is 0 Å². The van der Waals surface area contributed by atoms with E-state index in [0.717, 1.165) is 18.0 Å². The number of hydrogen-bond acceptors (Lipinski definition) is 2. The summed E-state index contributed by atoms with van der Waals surface area (Å²) < 4.78 is 0. The van der Waals surface area contributed by atoms with E-state index >= 15 is 0 Å². The van der Waals surface area contributed by atoms with E-state index < -0.39 is 0 Å². The van der Waals surface area contributed by atoms with Crippen molar-refractivity contribution in [1.29, 1.82) is 0 Å². The van der Waals surface area contributed by atoms with Crippen molar-refractivity contribution in [1.82, 2.24) is 5.32 Å². The lowest BCUT2D eigenvalue weighted by Gasteiger charge is -2.10. The van der Waals surface area contributed by atoms with Gasteiger partial charge in [-0.25, -0.2) is 0 Å². The van der Waals surface area contributed by atoms with Crippen LogP contribution in [0.5, 0.6) is 0 Å². The molecule has 0 unspecified atom stereocenters. The average molecular weight is 313 g/mol. The van der Waals surface area contributed by atoms with Crippen LogP contribution >= 0.6 is 11.6 Å². The smallest absolute Gasteiger partial charge is 0.0799 e. The van der Waals surface area contributed by atoms with Crippen molar-refractivity contribution in [2.24, 2.45) is 4.99 Å². The Hall–Kier alpha value is -2.06. The van der Waals surface area contributed by atoms with Gasteiger partial charge in [-0.15, -0.1) is 0 Å². The van der Waals surface area contributed by atoms with E-state index in [9.17, 15) is 0 Å². The highest BCUT2D eigenvalue weighted by Gasteiger charge is 2.03. The van der Waals surface area contributed by atoms with Gasteiger partial charge in [-0.05, 0) is 25.0 Å². The van der Waals surface area contributed by atoms with Crippen molar-refractivity contribution < 1.29 is 0 Å². The summed E-state index contributed by atoms with van der Waals surface area (Å²) in [6.07, 6.45) is 0. The fourth-order valence-corrected chi connectivity index (χ4v) is 2.17. The minimum atomic E-state index is 0.648. The molecule has 2 rings (SSSR count). The lowest BCUT2D eigenvalue weighted by Crippen LogP contribution is -2.13. The molecule has 0 aliphatic heterocycles. The molecule has 1 N–H and O–H groups in total. The fourth-order valence-electron chi connectivity index (χ4n) is 2.04. The topological polar surface area (TPSA) is 24.4 Å². The lowest BCUT2D eigenvalue weighted by atomic mass is 10.2. The van der Waals surface area contributed by atoms with Gasteiger partial charge in [0.1, 0.15) is 0 Å². The van der Waals surface area contributed by atoms with Crippen molar-refractivity contribution in [3.63, 3.8) is 0 Å². The van der Waals surface area contributed by atoms with Crippen molar-refractivity contribution in [3.05, 3.63) is 82.5 Å². The second-order valence-corrected chi connectivity index (χ2v) is 5.54. The van der Waals surface area contributed by atoms with E-state index in [1.165, 1.54) is 11.1 Å². The fraction of sp³-hybridized carbons (Fsp3) is 0.211. The van der Waals surface area contributed by atoms with Crippen LogP contribution in [-0.4, -0.2) is 5.71 Å². The SMILES string of the molecule is CC(=NCc1ccccc1)/C(Cl)=C(\C)NCc1ccccc1. The first-order valence-corrected chi connectivity index (χ1v) is 7.74. The highest BCUT2D eigenvalue weighted by Crippen LogP contribution is 2.12. The Morgan fingerprint density at radius 3 is 2.05 bits per heavy atom. The molecular formula is C19H21ClN2. The van der Waals surface area contributed by atoms with Gasteiger partial charge in [0.2, 0.25) is 0 Å². The second kappa shape index (κ2) is 8.40. The highest BCUT2D eigenvalue weighted by molar-refractivity contribution is 6.43. The summed E-state index contributed by atoms with van der Waals surface area (Å²) in [6.45, 7) is 5.33. The van der Waals surface area contributed by atoms with Gasteiger partial charge in [0.15, 0.2) is 0 Å². The van der Waals surface area contributed by atoms with Gasteiger partial charge in [-0.3, -0.25) is 4.99 Å². The Morgan fingerprint density at radius 1 is 0.909 bits per heavy atom. The van der Waals surface area contributed by atoms with Crippen LogP contribution in [-0.2, 0) is 13.1 Å². The number of nitrogens with zero attached hydrogens (tertiary/aromatic N) is 1. The molecule has 0 bridgehead atoms. The third-order valence-electron chi connectivity index (χ3n) is 3.39. The van der Waals surface area contributed by atoms with E-state index in [0.29, 0.717) is 11.6 Å². The summed E-state index contributed by atoms with van der Waals surface area (Å²) in [5.41, 5.74) is 4.20. The first-order valence-electron chi connectivity index (χ1n) is 7.36. The number of halogens is 1. The Kier molecular flexibility index (Phi) is 6.23. The molecule has 2 aromatic rings. The van der Waals surface area contributed by atoms with Crippen molar-refractivity contribution >= 4 is 17.3 Å². The van der Waals surface area contributed by atoms with Crippen LogP contribution in [0.1, 0.15) is 25.0 Å². The third kappa shape index (κ3) is 5.05. The monoisotopic (exact) mass is 312 g/mol. The van der Waals surface area contributed by atoms with Gasteiger partial charge in [0, 0.05) is 12.2 Å². The molecular weight excluding hydrogens is 292 g/mol. The Morgan fingerprint density at radius 2 is 1.45 bits per heavy atom. The normalized spacial score (nSPS) is 12.8. The zero-order valence-electron chi connectivity index (χ0n) is 13.0. The van der Waals surface area contributed by atoms with Crippen molar-refractivity contribution in [2.45, 2.75) is 26.9 Å². The maximum absolute atomic E-state index is 6.40. The van der Waals surface area contributed by atoms with E-state index in [2.05, 4.69) is 34.6 Å². The van der Waals surface area contributed by atoms with Gasteiger partial charge in [-0.1, -0.05) is 72.3 Å². The summed E-state index contributed by atoms with van der Waals surface area (Å²) in [5, 5.41) is 4.03. The zero-order chi connectivity index (χ0) is 15.8. The first-order chi connectivity index (χ1) is 10.7. The van der Waals surface area contributed by atoms with Gasteiger partial charge in [0.25, 0.3) is 0 Å². The summed E-state index contributed by atoms with van der Waals surface area (Å²) in [7, 11) is 0. The van der Waals surface area contributed by atoms with Crippen molar-refractivity contribution in [2.75, 3.05) is 0 Å². The van der Waals surface area contributed by atoms with Crippen LogP contribution in [0, 0.1) is 0 Å². The Balaban J connectivity index is 1.96. The lowest BCUT2D eigenvalue weighted by molar-refractivity contribution is 0.810. The molecule has 0 saturated heterocycles. The Labute approximate surface area is 137 Å². The summed E-state index contributed by atoms with van der Waals surface area (Å²) in [4.78, 5) is 4.56. The number of nitrogens with one attached hydrogen (secondary N) is 1. The maximum Gasteiger partial charge on any atom is 0.0799 e. The predicted molar refractivity (Wildman–Crippen MR) is 95.1 cm³/mol. The third-order valence-corrected chi connectivity index (χ3v) is 3.95.